The van der Waals surface area contributed by atoms with Crippen LogP contribution in [-0.4, -0.2) is 59.8 Å². The van der Waals surface area contributed by atoms with E-state index in [4.69, 9.17) is 60.5 Å². The number of furan rings is 1. The van der Waals surface area contributed by atoms with E-state index >= 15 is 0 Å². The average Bonchev–Trinajstić information content (AvgIpc) is 2.24. The van der Waals surface area contributed by atoms with Crippen LogP contribution in [0.2, 0.25) is 21.1 Å². The second-order valence-corrected chi connectivity index (χ2v) is 23.2. The Hall–Kier alpha value is -9.44. The Balaban J connectivity index is 0.000000118. The number of hydrogen-bond donors (Lipinski definition) is 0. The van der Waals surface area contributed by atoms with Crippen molar-refractivity contribution in [2.75, 3.05) is 0 Å². The molecule has 0 saturated heterocycles. The molecule has 5 aromatic heterocycles. The molecule has 14 nitrogen and oxygen atoms in total. The first-order valence-corrected chi connectivity index (χ1v) is 31.8. The average molecular weight is 1280 g/mol. The normalized spacial score (nSPS) is 13.2. The largest absolute Gasteiger partial charge is 0.457 e. The van der Waals surface area contributed by atoms with Gasteiger partial charge in [0.2, 0.25) is 21.1 Å². The maximum atomic E-state index is 6.19. The number of ether oxygens (including phenoxy) is 1. The molecule has 452 valence electrons. The third-order valence-corrected chi connectivity index (χ3v) is 16.3. The quantitative estimate of drug-likeness (QED) is 0.126. The third-order valence-electron chi connectivity index (χ3n) is 15.6. The predicted octanol–water partition coefficient (Wildman–Crippen LogP) is 20.2. The fourth-order valence-electron chi connectivity index (χ4n) is 11.1. The number of benzene rings is 8. The number of aromatic nitrogens is 12. The van der Waals surface area contributed by atoms with E-state index in [1.807, 2.05) is 219 Å². The molecule has 0 unspecified atom stereocenters. The highest BCUT2D eigenvalue weighted by Crippen LogP contribution is 2.37. The summed E-state index contributed by atoms with van der Waals surface area (Å²) in [7, 11) is 0. The molecule has 18 heteroatoms. The Morgan fingerprint density at radius 1 is 0.330 bits per heavy atom. The van der Waals surface area contributed by atoms with E-state index in [0.717, 1.165) is 78.3 Å². The van der Waals surface area contributed by atoms with Gasteiger partial charge in [-0.25, -0.2) is 29.9 Å². The molecule has 0 aliphatic heterocycles. The summed E-state index contributed by atoms with van der Waals surface area (Å²) in [6.45, 7) is 2.02. The minimum absolute atomic E-state index is 0.155. The lowest BCUT2D eigenvalue weighted by molar-refractivity contribution is 0.408. The molecule has 0 bridgehead atoms. The lowest BCUT2D eigenvalue weighted by atomic mass is 9.87. The number of para-hydroxylation sites is 3. The minimum Gasteiger partial charge on any atom is -0.457 e. The van der Waals surface area contributed by atoms with Crippen LogP contribution in [0.1, 0.15) is 93.3 Å². The van der Waals surface area contributed by atoms with Crippen LogP contribution in [0.3, 0.4) is 0 Å². The van der Waals surface area contributed by atoms with Crippen molar-refractivity contribution < 1.29 is 9.15 Å². The number of fused-ring (bicyclic) bond motifs is 3. The van der Waals surface area contributed by atoms with Crippen molar-refractivity contribution in [1.29, 1.82) is 0 Å². The fourth-order valence-corrected chi connectivity index (χ4v) is 11.8. The summed E-state index contributed by atoms with van der Waals surface area (Å²) in [4.78, 5) is 52.8. The van der Waals surface area contributed by atoms with Gasteiger partial charge in [-0.05, 0) is 121 Å². The van der Waals surface area contributed by atoms with E-state index in [0.29, 0.717) is 57.8 Å². The zero-order chi connectivity index (χ0) is 62.3. The van der Waals surface area contributed by atoms with Crippen LogP contribution >= 0.6 is 46.4 Å². The van der Waals surface area contributed by atoms with Crippen molar-refractivity contribution in [1.82, 2.24) is 59.8 Å². The highest BCUT2D eigenvalue weighted by atomic mass is 35.5. The molecule has 0 atom stereocenters. The van der Waals surface area contributed by atoms with Gasteiger partial charge in [-0.15, -0.1) is 0 Å². The van der Waals surface area contributed by atoms with Crippen molar-refractivity contribution in [3.63, 3.8) is 0 Å². The SMILES string of the molecule is Cc1ccccc1-c1nc(Cl)nc(-c2ccccc2)n1.Clc1nc(-c2ccccc2)nc(-c2cccc(Oc3ccccc3)c2)n1.Clc1nc(-c2ccccc2)nc(-c2cccc3c2oc2ccccc23)n1.Clc1nc(C2CCCCC2)nc(C2CCCCC2)n1. The number of halogens is 4. The lowest BCUT2D eigenvalue weighted by Crippen LogP contribution is -2.15. The van der Waals surface area contributed by atoms with Gasteiger partial charge in [-0.3, -0.25) is 0 Å². The molecular weight excluding hydrogens is 1220 g/mol. The molecule has 2 aliphatic rings. The molecule has 0 spiro atoms. The van der Waals surface area contributed by atoms with Crippen LogP contribution in [0, 0.1) is 6.92 Å². The Morgan fingerprint density at radius 2 is 0.714 bits per heavy atom. The fraction of sp³-hybridized carbons (Fsp3) is 0.178. The van der Waals surface area contributed by atoms with Crippen molar-refractivity contribution in [3.05, 3.63) is 251 Å². The topological polar surface area (TPSA) is 177 Å². The standard InChI is InChI=1S/C21H12ClN3O.C21H14ClN3O.C16H12ClN3.C15H22ClN3/c22-21-24-19(13-7-2-1-3-8-13)23-20(25-21)16-11-6-10-15-14-9-4-5-12-17(14)26-18(15)16;22-21-24-19(15-8-3-1-4-9-15)23-20(25-21)16-10-7-13-18(14-16)26-17-11-5-2-6-12-17;1-11-7-5-6-10-13(11)15-18-14(19-16(17)20-15)12-8-3-2-4-9-12;16-15-18-13(11-7-3-1-4-8-11)17-14(19-15)12-9-5-2-6-10-12/h1-12H;1-14H;2-10H,1H3;11-12H,1-10H2. The Morgan fingerprint density at radius 3 is 1.25 bits per heavy atom. The van der Waals surface area contributed by atoms with Gasteiger partial charge in [-0.1, -0.05) is 214 Å². The van der Waals surface area contributed by atoms with Crippen LogP contribution in [0.15, 0.2) is 217 Å². The Kier molecular flexibility index (Phi) is 20.3. The van der Waals surface area contributed by atoms with Gasteiger partial charge >= 0.3 is 0 Å². The predicted molar refractivity (Wildman–Crippen MR) is 362 cm³/mol. The van der Waals surface area contributed by atoms with Gasteiger partial charge in [-0.2, -0.15) is 29.9 Å². The van der Waals surface area contributed by atoms with E-state index in [1.54, 1.807) is 0 Å². The summed E-state index contributed by atoms with van der Waals surface area (Å²) in [6, 6.07) is 68.2. The lowest BCUT2D eigenvalue weighted by Gasteiger charge is -2.23. The van der Waals surface area contributed by atoms with Crippen molar-refractivity contribution in [3.8, 4) is 79.8 Å². The minimum atomic E-state index is 0.155. The van der Waals surface area contributed by atoms with E-state index < -0.39 is 0 Å². The van der Waals surface area contributed by atoms with Gasteiger partial charge in [0.15, 0.2) is 34.9 Å². The van der Waals surface area contributed by atoms with E-state index in [1.165, 1.54) is 64.2 Å². The van der Waals surface area contributed by atoms with Crippen LogP contribution in [0.4, 0.5) is 0 Å². The first-order chi connectivity index (χ1) is 44.6. The molecule has 15 rings (SSSR count). The molecular formula is C73H60Cl4N12O2. The van der Waals surface area contributed by atoms with Gasteiger partial charge < -0.3 is 9.15 Å². The first-order valence-electron chi connectivity index (χ1n) is 30.3. The number of nitrogens with zero attached hydrogens (tertiary/aromatic N) is 12. The van der Waals surface area contributed by atoms with Crippen molar-refractivity contribution in [2.24, 2.45) is 0 Å². The van der Waals surface area contributed by atoms with Crippen LogP contribution in [0.25, 0.3) is 90.3 Å². The summed E-state index contributed by atoms with van der Waals surface area (Å²) >= 11 is 24.5. The summed E-state index contributed by atoms with van der Waals surface area (Å²) < 4.78 is 12.0. The van der Waals surface area contributed by atoms with Gasteiger partial charge in [0.05, 0.1) is 5.56 Å². The molecule has 13 aromatic rings. The highest BCUT2D eigenvalue weighted by molar-refractivity contribution is 6.29. The summed E-state index contributed by atoms with van der Waals surface area (Å²) in [5.41, 5.74) is 7.94. The third kappa shape index (κ3) is 15.9. The Labute approximate surface area is 547 Å². The molecule has 91 heavy (non-hydrogen) atoms. The number of hydrogen-bond acceptors (Lipinski definition) is 14. The molecule has 8 aromatic carbocycles. The smallest absolute Gasteiger partial charge is 0.226 e. The van der Waals surface area contributed by atoms with E-state index in [2.05, 4.69) is 54.8 Å². The maximum absolute atomic E-state index is 6.19. The van der Waals surface area contributed by atoms with Crippen LogP contribution in [0.5, 0.6) is 11.5 Å². The van der Waals surface area contributed by atoms with Gasteiger partial charge in [0, 0.05) is 50.4 Å². The monoisotopic (exact) mass is 1280 g/mol. The van der Waals surface area contributed by atoms with Crippen LogP contribution in [-0.2, 0) is 0 Å². The van der Waals surface area contributed by atoms with E-state index in [-0.39, 0.29) is 15.9 Å². The number of rotatable bonds is 10. The molecule has 2 saturated carbocycles. The first kappa shape index (κ1) is 61.8. The molecule has 2 aliphatic carbocycles. The number of aryl methyl sites for hydroxylation is 1. The summed E-state index contributed by atoms with van der Waals surface area (Å²) in [6.07, 6.45) is 12.7. The molecule has 0 N–H and O–H groups in total. The zero-order valence-corrected chi connectivity index (χ0v) is 52.7. The summed E-state index contributed by atoms with van der Waals surface area (Å²) in [5.74, 6) is 7.66. The highest BCUT2D eigenvalue weighted by Gasteiger charge is 2.24. The van der Waals surface area contributed by atoms with E-state index in [9.17, 15) is 0 Å². The summed E-state index contributed by atoms with van der Waals surface area (Å²) in [5, 5.41) is 3.00. The zero-order valence-electron chi connectivity index (χ0n) is 49.6. The van der Waals surface area contributed by atoms with Crippen molar-refractivity contribution >= 4 is 68.3 Å². The van der Waals surface area contributed by atoms with Gasteiger partial charge in [0.1, 0.15) is 34.3 Å². The van der Waals surface area contributed by atoms with Gasteiger partial charge in [0.25, 0.3) is 0 Å². The second-order valence-electron chi connectivity index (χ2n) is 21.9. The molecule has 5 heterocycles. The maximum Gasteiger partial charge on any atom is 0.226 e. The molecule has 0 amide bonds. The van der Waals surface area contributed by atoms with Crippen molar-refractivity contribution in [2.45, 2.75) is 83.0 Å². The molecule has 0 radical (unpaired) electrons. The van der Waals surface area contributed by atoms with Crippen LogP contribution < -0.4 is 4.74 Å². The molecule has 2 fully saturated rings. The Bertz CT molecular complexity index is 4520. The second kappa shape index (κ2) is 29.9.